The fourth-order valence-corrected chi connectivity index (χ4v) is 2.91. The van der Waals surface area contributed by atoms with E-state index in [0.29, 0.717) is 5.92 Å². The minimum atomic E-state index is -4.47. The number of benzene rings is 1. The average Bonchev–Trinajstić information content (AvgIpc) is 2.56. The molecular weight excluding hydrogens is 335 g/mol. The fourth-order valence-electron chi connectivity index (χ4n) is 2.91. The SMILES string of the molecule is C[C@@H]1CCCC[C@H]1NC(=O)[C@@H](C)OC(=O)c1ccc(C(F)(F)F)cc1. The van der Waals surface area contributed by atoms with Gasteiger partial charge in [-0.2, -0.15) is 13.2 Å². The minimum Gasteiger partial charge on any atom is -0.449 e. The first-order valence-electron chi connectivity index (χ1n) is 8.37. The Bertz CT molecular complexity index is 613. The van der Waals surface area contributed by atoms with Gasteiger partial charge in [0, 0.05) is 6.04 Å². The number of amides is 1. The zero-order chi connectivity index (χ0) is 18.6. The van der Waals surface area contributed by atoms with Crippen LogP contribution in [-0.2, 0) is 15.7 Å². The molecule has 1 aromatic rings. The van der Waals surface area contributed by atoms with E-state index in [4.69, 9.17) is 4.74 Å². The molecule has 1 aliphatic carbocycles. The van der Waals surface area contributed by atoms with Gasteiger partial charge in [0.15, 0.2) is 6.10 Å². The standard InChI is InChI=1S/C18H22F3NO3/c1-11-5-3-4-6-15(11)22-16(23)12(2)25-17(24)13-7-9-14(10-8-13)18(19,20)21/h7-12,15H,3-6H2,1-2H3,(H,22,23)/t11-,12-,15-/m1/s1. The Labute approximate surface area is 144 Å². The van der Waals surface area contributed by atoms with Gasteiger partial charge >= 0.3 is 12.1 Å². The van der Waals surface area contributed by atoms with Crippen LogP contribution in [-0.4, -0.2) is 24.0 Å². The Hall–Kier alpha value is -2.05. The Morgan fingerprint density at radius 2 is 1.76 bits per heavy atom. The predicted octanol–water partition coefficient (Wildman–Crippen LogP) is 3.95. The number of rotatable bonds is 4. The van der Waals surface area contributed by atoms with Crippen molar-refractivity contribution in [3.05, 3.63) is 35.4 Å². The van der Waals surface area contributed by atoms with Crippen LogP contribution in [0.4, 0.5) is 13.2 Å². The number of halogens is 3. The first kappa shape index (κ1) is 19.3. The molecule has 0 spiro atoms. The summed E-state index contributed by atoms with van der Waals surface area (Å²) >= 11 is 0. The molecule has 25 heavy (non-hydrogen) atoms. The van der Waals surface area contributed by atoms with Gasteiger partial charge in [-0.25, -0.2) is 4.79 Å². The summed E-state index contributed by atoms with van der Waals surface area (Å²) in [5, 5.41) is 2.89. The van der Waals surface area contributed by atoms with E-state index in [-0.39, 0.29) is 17.5 Å². The summed E-state index contributed by atoms with van der Waals surface area (Å²) < 4.78 is 42.6. The summed E-state index contributed by atoms with van der Waals surface area (Å²) in [4.78, 5) is 24.2. The zero-order valence-electron chi connectivity index (χ0n) is 14.2. The number of hydrogen-bond donors (Lipinski definition) is 1. The van der Waals surface area contributed by atoms with Gasteiger partial charge in [-0.1, -0.05) is 19.8 Å². The molecule has 4 nitrogen and oxygen atoms in total. The Morgan fingerprint density at radius 1 is 1.16 bits per heavy atom. The highest BCUT2D eigenvalue weighted by atomic mass is 19.4. The van der Waals surface area contributed by atoms with Crippen molar-refractivity contribution in [1.29, 1.82) is 0 Å². The molecule has 1 aliphatic rings. The van der Waals surface area contributed by atoms with Crippen molar-refractivity contribution in [2.75, 3.05) is 0 Å². The van der Waals surface area contributed by atoms with Crippen LogP contribution in [0, 0.1) is 5.92 Å². The molecule has 0 aliphatic heterocycles. The third kappa shape index (κ3) is 5.21. The Morgan fingerprint density at radius 3 is 2.32 bits per heavy atom. The van der Waals surface area contributed by atoms with E-state index in [9.17, 15) is 22.8 Å². The van der Waals surface area contributed by atoms with E-state index in [1.165, 1.54) is 6.92 Å². The van der Waals surface area contributed by atoms with Gasteiger partial charge in [0.2, 0.25) is 0 Å². The summed E-state index contributed by atoms with van der Waals surface area (Å²) in [6, 6.07) is 3.77. The lowest BCUT2D eigenvalue weighted by molar-refractivity contribution is -0.137. The molecule has 0 radical (unpaired) electrons. The van der Waals surface area contributed by atoms with Crippen LogP contribution in [0.1, 0.15) is 55.5 Å². The molecule has 0 unspecified atom stereocenters. The number of nitrogens with one attached hydrogen (secondary N) is 1. The van der Waals surface area contributed by atoms with E-state index in [1.807, 2.05) is 0 Å². The molecule has 3 atom stereocenters. The normalized spacial score (nSPS) is 22.1. The molecular formula is C18H22F3NO3. The van der Waals surface area contributed by atoms with E-state index in [0.717, 1.165) is 49.9 Å². The largest absolute Gasteiger partial charge is 0.449 e. The van der Waals surface area contributed by atoms with E-state index in [2.05, 4.69) is 12.2 Å². The van der Waals surface area contributed by atoms with Crippen LogP contribution in [0.15, 0.2) is 24.3 Å². The van der Waals surface area contributed by atoms with Gasteiger partial charge in [0.1, 0.15) is 0 Å². The number of ether oxygens (including phenoxy) is 1. The molecule has 1 aromatic carbocycles. The van der Waals surface area contributed by atoms with Crippen molar-refractivity contribution < 1.29 is 27.5 Å². The molecule has 2 rings (SSSR count). The molecule has 7 heteroatoms. The van der Waals surface area contributed by atoms with Crippen molar-refractivity contribution in [1.82, 2.24) is 5.32 Å². The molecule has 0 bridgehead atoms. The van der Waals surface area contributed by atoms with Crippen molar-refractivity contribution >= 4 is 11.9 Å². The number of carbonyl (C=O) groups excluding carboxylic acids is 2. The fraction of sp³-hybridized carbons (Fsp3) is 0.556. The smallest absolute Gasteiger partial charge is 0.416 e. The van der Waals surface area contributed by atoms with Crippen molar-refractivity contribution in [3.63, 3.8) is 0 Å². The highest BCUT2D eigenvalue weighted by molar-refractivity contribution is 5.92. The third-order valence-electron chi connectivity index (χ3n) is 4.54. The van der Waals surface area contributed by atoms with Crippen molar-refractivity contribution in [3.8, 4) is 0 Å². The molecule has 1 fully saturated rings. The Kier molecular flexibility index (Phi) is 6.08. The van der Waals surface area contributed by atoms with Crippen LogP contribution < -0.4 is 5.32 Å². The van der Waals surface area contributed by atoms with Gasteiger partial charge < -0.3 is 10.1 Å². The molecule has 138 valence electrons. The topological polar surface area (TPSA) is 55.4 Å². The van der Waals surface area contributed by atoms with E-state index >= 15 is 0 Å². The number of carbonyl (C=O) groups is 2. The monoisotopic (exact) mass is 357 g/mol. The van der Waals surface area contributed by atoms with Crippen LogP contribution in [0.25, 0.3) is 0 Å². The number of esters is 1. The third-order valence-corrected chi connectivity index (χ3v) is 4.54. The van der Waals surface area contributed by atoms with Crippen LogP contribution >= 0.6 is 0 Å². The summed E-state index contributed by atoms with van der Waals surface area (Å²) in [5.41, 5.74) is -0.875. The second kappa shape index (κ2) is 7.89. The zero-order valence-corrected chi connectivity index (χ0v) is 14.2. The predicted molar refractivity (Wildman–Crippen MR) is 85.9 cm³/mol. The maximum atomic E-state index is 12.5. The Balaban J connectivity index is 1.91. The summed E-state index contributed by atoms with van der Waals surface area (Å²) in [7, 11) is 0. The summed E-state index contributed by atoms with van der Waals surface area (Å²) in [5.74, 6) is -0.845. The maximum Gasteiger partial charge on any atom is 0.416 e. The highest BCUT2D eigenvalue weighted by Gasteiger charge is 2.31. The molecule has 0 aromatic heterocycles. The summed E-state index contributed by atoms with van der Waals surface area (Å²) in [6.45, 7) is 3.52. The first-order valence-corrected chi connectivity index (χ1v) is 8.37. The molecule has 1 saturated carbocycles. The lowest BCUT2D eigenvalue weighted by Crippen LogP contribution is -2.45. The second-order valence-corrected chi connectivity index (χ2v) is 6.50. The lowest BCUT2D eigenvalue weighted by atomic mass is 9.86. The van der Waals surface area contributed by atoms with Crippen molar-refractivity contribution in [2.24, 2.45) is 5.92 Å². The number of alkyl halides is 3. The highest BCUT2D eigenvalue weighted by Crippen LogP contribution is 2.29. The minimum absolute atomic E-state index is 0.0290. The van der Waals surface area contributed by atoms with Gasteiger partial charge in [0.05, 0.1) is 11.1 Å². The molecule has 1 amide bonds. The molecule has 0 saturated heterocycles. The molecule has 1 N–H and O–H groups in total. The van der Waals surface area contributed by atoms with Crippen LogP contribution in [0.3, 0.4) is 0 Å². The van der Waals surface area contributed by atoms with Gasteiger partial charge in [-0.15, -0.1) is 0 Å². The molecule has 0 heterocycles. The van der Waals surface area contributed by atoms with E-state index < -0.39 is 23.8 Å². The number of hydrogen-bond acceptors (Lipinski definition) is 3. The first-order chi connectivity index (χ1) is 11.7. The van der Waals surface area contributed by atoms with Crippen LogP contribution in [0.5, 0.6) is 0 Å². The van der Waals surface area contributed by atoms with Crippen LogP contribution in [0.2, 0.25) is 0 Å². The lowest BCUT2D eigenvalue weighted by Gasteiger charge is -2.30. The quantitative estimate of drug-likeness (QED) is 0.831. The average molecular weight is 357 g/mol. The van der Waals surface area contributed by atoms with Gasteiger partial charge in [0.25, 0.3) is 5.91 Å². The van der Waals surface area contributed by atoms with E-state index in [1.54, 1.807) is 0 Å². The summed E-state index contributed by atoms with van der Waals surface area (Å²) in [6.07, 6.45) is -1.34. The second-order valence-electron chi connectivity index (χ2n) is 6.50. The van der Waals surface area contributed by atoms with Gasteiger partial charge in [-0.05, 0) is 49.9 Å². The van der Waals surface area contributed by atoms with Gasteiger partial charge in [-0.3, -0.25) is 4.79 Å². The van der Waals surface area contributed by atoms with Crippen molar-refractivity contribution in [2.45, 2.75) is 57.9 Å². The maximum absolute atomic E-state index is 12.5.